The maximum Gasteiger partial charge on any atom is 0.306 e. The first-order chi connectivity index (χ1) is 32.5. The fraction of sp³-hybridized carbons (Fsp3) is 0.850. The number of rotatable bonds is 53. The van der Waals surface area contributed by atoms with Crippen LogP contribution in [0.4, 0.5) is 0 Å². The zero-order valence-corrected chi connectivity index (χ0v) is 44.2. The van der Waals surface area contributed by atoms with E-state index in [4.69, 9.17) is 14.2 Å². The number of carbonyl (C=O) groups is 3. The average molecular weight is 928 g/mol. The maximum atomic E-state index is 12.8. The Labute approximate surface area is 410 Å². The van der Waals surface area contributed by atoms with Crippen LogP contribution in [-0.4, -0.2) is 37.2 Å². The molecule has 6 nitrogen and oxygen atoms in total. The molecular weight excluding hydrogens is 817 g/mol. The second-order valence-electron chi connectivity index (χ2n) is 19.6. The lowest BCUT2D eigenvalue weighted by atomic mass is 10.0. The van der Waals surface area contributed by atoms with Crippen LogP contribution < -0.4 is 0 Å². The van der Waals surface area contributed by atoms with E-state index in [0.29, 0.717) is 19.3 Å². The van der Waals surface area contributed by atoms with Gasteiger partial charge in [-0.05, 0) is 77.0 Å². The Morgan fingerprint density at radius 3 is 0.879 bits per heavy atom. The molecule has 0 aromatic rings. The second-order valence-corrected chi connectivity index (χ2v) is 19.6. The molecule has 0 N–H and O–H groups in total. The number of unbranched alkanes of at least 4 members (excludes halogenated alkanes) is 36. The van der Waals surface area contributed by atoms with Gasteiger partial charge in [0.25, 0.3) is 0 Å². The Kier molecular flexibility index (Phi) is 53.2. The standard InChI is InChI=1S/C60H110O6/c1-4-7-10-13-16-19-22-25-28-29-30-31-33-35-38-41-44-47-50-53-59(62)65-56-57(55-64-58(61)52-49-46-43-40-37-34-27-24-21-18-15-12-9-6-3)66-60(63)54-51-48-45-42-39-36-32-26-23-20-17-14-11-8-5-2/h16,19,25-26,28,32,57H,4-15,17-18,20-24,27,29-31,33-56H2,1-3H3/b19-16-,28-25-,32-26-. The highest BCUT2D eigenvalue weighted by atomic mass is 16.6. The highest BCUT2D eigenvalue weighted by Crippen LogP contribution is 2.16. The van der Waals surface area contributed by atoms with Crippen LogP contribution in [0.25, 0.3) is 0 Å². The molecule has 0 heterocycles. The number of hydrogen-bond acceptors (Lipinski definition) is 6. The van der Waals surface area contributed by atoms with Gasteiger partial charge in [0, 0.05) is 19.3 Å². The van der Waals surface area contributed by atoms with Gasteiger partial charge in [0.2, 0.25) is 0 Å². The summed E-state index contributed by atoms with van der Waals surface area (Å²) in [5, 5.41) is 0. The van der Waals surface area contributed by atoms with Crippen molar-refractivity contribution in [2.75, 3.05) is 13.2 Å². The van der Waals surface area contributed by atoms with E-state index in [0.717, 1.165) is 70.6 Å². The molecule has 1 unspecified atom stereocenters. The highest BCUT2D eigenvalue weighted by Gasteiger charge is 2.19. The van der Waals surface area contributed by atoms with Gasteiger partial charge in [-0.25, -0.2) is 0 Å². The van der Waals surface area contributed by atoms with Gasteiger partial charge in [-0.1, -0.05) is 250 Å². The summed E-state index contributed by atoms with van der Waals surface area (Å²) in [7, 11) is 0. The van der Waals surface area contributed by atoms with Gasteiger partial charge in [-0.3, -0.25) is 14.4 Å². The van der Waals surface area contributed by atoms with Crippen LogP contribution >= 0.6 is 0 Å². The monoisotopic (exact) mass is 927 g/mol. The van der Waals surface area contributed by atoms with E-state index < -0.39 is 6.10 Å². The van der Waals surface area contributed by atoms with E-state index in [2.05, 4.69) is 57.2 Å². The molecule has 66 heavy (non-hydrogen) atoms. The molecule has 0 radical (unpaired) electrons. The van der Waals surface area contributed by atoms with Gasteiger partial charge in [0.05, 0.1) is 0 Å². The number of esters is 3. The third-order valence-electron chi connectivity index (χ3n) is 12.9. The van der Waals surface area contributed by atoms with Gasteiger partial charge < -0.3 is 14.2 Å². The third-order valence-corrected chi connectivity index (χ3v) is 12.9. The fourth-order valence-corrected chi connectivity index (χ4v) is 8.47. The van der Waals surface area contributed by atoms with Crippen LogP contribution in [0, 0.1) is 0 Å². The summed E-state index contributed by atoms with van der Waals surface area (Å²) in [6.45, 7) is 6.64. The fourth-order valence-electron chi connectivity index (χ4n) is 8.47. The van der Waals surface area contributed by atoms with Crippen LogP contribution in [-0.2, 0) is 28.6 Å². The van der Waals surface area contributed by atoms with Crippen molar-refractivity contribution < 1.29 is 28.6 Å². The molecule has 0 fully saturated rings. The van der Waals surface area contributed by atoms with Crippen molar-refractivity contribution in [1.82, 2.24) is 0 Å². The number of carbonyl (C=O) groups excluding carboxylic acids is 3. The summed E-state index contributed by atoms with van der Waals surface area (Å²) in [4.78, 5) is 38.1. The van der Waals surface area contributed by atoms with E-state index in [1.165, 1.54) is 199 Å². The molecule has 6 heteroatoms. The summed E-state index contributed by atoms with van der Waals surface area (Å²) >= 11 is 0. The third kappa shape index (κ3) is 52.6. The van der Waals surface area contributed by atoms with Crippen molar-refractivity contribution in [3.8, 4) is 0 Å². The minimum atomic E-state index is -0.775. The summed E-state index contributed by atoms with van der Waals surface area (Å²) in [5.41, 5.74) is 0. The number of allylic oxidation sites excluding steroid dienone is 6. The molecule has 0 spiro atoms. The normalized spacial score (nSPS) is 12.2. The van der Waals surface area contributed by atoms with Gasteiger partial charge in [-0.15, -0.1) is 0 Å². The minimum absolute atomic E-state index is 0.0730. The predicted molar refractivity (Wildman–Crippen MR) is 284 cm³/mol. The van der Waals surface area contributed by atoms with Crippen LogP contribution in [0.5, 0.6) is 0 Å². The van der Waals surface area contributed by atoms with Crippen molar-refractivity contribution in [2.45, 2.75) is 316 Å². The van der Waals surface area contributed by atoms with E-state index in [-0.39, 0.29) is 31.1 Å². The van der Waals surface area contributed by atoms with Gasteiger partial charge in [-0.2, -0.15) is 0 Å². The molecule has 0 aliphatic carbocycles. The van der Waals surface area contributed by atoms with E-state index in [1.807, 2.05) is 0 Å². The van der Waals surface area contributed by atoms with Crippen LogP contribution in [0.3, 0.4) is 0 Å². The lowest BCUT2D eigenvalue weighted by Gasteiger charge is -2.18. The van der Waals surface area contributed by atoms with Crippen molar-refractivity contribution in [1.29, 1.82) is 0 Å². The molecule has 0 amide bonds. The molecule has 0 rings (SSSR count). The summed E-state index contributed by atoms with van der Waals surface area (Å²) in [6.07, 6.45) is 65.6. The Morgan fingerprint density at radius 1 is 0.303 bits per heavy atom. The first kappa shape index (κ1) is 63.6. The Morgan fingerprint density at radius 2 is 0.545 bits per heavy atom. The van der Waals surface area contributed by atoms with Gasteiger partial charge in [0.15, 0.2) is 6.10 Å². The summed E-state index contributed by atoms with van der Waals surface area (Å²) in [5.74, 6) is -0.869. The molecule has 0 aliphatic rings. The first-order valence-electron chi connectivity index (χ1n) is 29.0. The van der Waals surface area contributed by atoms with E-state index >= 15 is 0 Å². The first-order valence-corrected chi connectivity index (χ1v) is 29.0. The van der Waals surface area contributed by atoms with Gasteiger partial charge in [0.1, 0.15) is 13.2 Å². The van der Waals surface area contributed by atoms with Crippen molar-refractivity contribution >= 4 is 17.9 Å². The Balaban J connectivity index is 4.34. The molecule has 386 valence electrons. The minimum Gasteiger partial charge on any atom is -0.462 e. The Hall–Kier alpha value is -2.37. The lowest BCUT2D eigenvalue weighted by Crippen LogP contribution is -2.30. The zero-order valence-electron chi connectivity index (χ0n) is 44.2. The number of hydrogen-bond donors (Lipinski definition) is 0. The van der Waals surface area contributed by atoms with Crippen molar-refractivity contribution in [3.05, 3.63) is 36.5 Å². The van der Waals surface area contributed by atoms with Crippen molar-refractivity contribution in [3.63, 3.8) is 0 Å². The van der Waals surface area contributed by atoms with E-state index in [1.54, 1.807) is 0 Å². The predicted octanol–water partition coefficient (Wildman–Crippen LogP) is 19.3. The zero-order chi connectivity index (χ0) is 47.9. The molecule has 0 aromatic carbocycles. The summed E-state index contributed by atoms with van der Waals surface area (Å²) < 4.78 is 16.9. The average Bonchev–Trinajstić information content (AvgIpc) is 3.31. The quantitative estimate of drug-likeness (QED) is 0.0262. The van der Waals surface area contributed by atoms with E-state index in [9.17, 15) is 14.4 Å². The van der Waals surface area contributed by atoms with Crippen LogP contribution in [0.15, 0.2) is 36.5 Å². The maximum absolute atomic E-state index is 12.8. The molecule has 1 atom stereocenters. The molecule has 0 saturated heterocycles. The SMILES string of the molecule is CCCCC/C=C\C/C=C\CCCCCCCCCCCC(=O)OCC(COC(=O)CCCCCCCCCCCCCCCC)OC(=O)CCCCCCC/C=C\CCCCCCCC. The lowest BCUT2D eigenvalue weighted by molar-refractivity contribution is -0.167. The second kappa shape index (κ2) is 55.2. The smallest absolute Gasteiger partial charge is 0.306 e. The largest absolute Gasteiger partial charge is 0.462 e. The molecule has 0 aromatic heterocycles. The van der Waals surface area contributed by atoms with Crippen LogP contribution in [0.2, 0.25) is 0 Å². The number of ether oxygens (including phenoxy) is 3. The summed E-state index contributed by atoms with van der Waals surface area (Å²) in [6, 6.07) is 0. The van der Waals surface area contributed by atoms with Crippen molar-refractivity contribution in [2.24, 2.45) is 0 Å². The van der Waals surface area contributed by atoms with Gasteiger partial charge >= 0.3 is 17.9 Å². The molecule has 0 bridgehead atoms. The topological polar surface area (TPSA) is 78.9 Å². The van der Waals surface area contributed by atoms with Crippen LogP contribution in [0.1, 0.15) is 310 Å². The molecule has 0 saturated carbocycles. The molecular formula is C60H110O6. The Bertz CT molecular complexity index is 1110. The molecule has 0 aliphatic heterocycles. The highest BCUT2D eigenvalue weighted by molar-refractivity contribution is 5.71.